The number of thioether (sulfide) groups is 1. The second-order valence-corrected chi connectivity index (χ2v) is 8.33. The Kier molecular flexibility index (Phi) is 5.63. The van der Waals surface area contributed by atoms with Crippen LogP contribution in [0.25, 0.3) is 17.4 Å². The molecule has 2 aromatic rings. The molecule has 0 spiro atoms. The molecule has 1 N–H and O–H groups in total. The number of benzene rings is 1. The highest BCUT2D eigenvalue weighted by atomic mass is 35.5. The highest BCUT2D eigenvalue weighted by Gasteiger charge is 2.35. The first-order chi connectivity index (χ1) is 14.0. The number of unbranched alkanes of at least 4 members (excludes halogenated alkanes) is 1. The fourth-order valence-corrected chi connectivity index (χ4v) is 4.30. The Balaban J connectivity index is 1.61. The largest absolute Gasteiger partial charge is 0.457 e. The molecule has 1 aromatic heterocycles. The molecule has 2 aliphatic rings. The van der Waals surface area contributed by atoms with Crippen molar-refractivity contribution in [2.75, 3.05) is 0 Å². The van der Waals surface area contributed by atoms with Gasteiger partial charge in [0, 0.05) is 10.6 Å². The number of rotatable bonds is 5. The smallest absolute Gasteiger partial charge is 0.283 e. The number of carbonyl (C=O) groups is 1. The monoisotopic (exact) mass is 446 g/mol. The van der Waals surface area contributed by atoms with E-state index < -0.39 is 5.91 Å². The summed E-state index contributed by atoms with van der Waals surface area (Å²) < 4.78 is 5.81. The number of hydrogen-bond acceptors (Lipinski definition) is 5. The number of nitrogens with zero attached hydrogens (tertiary/aromatic N) is 3. The van der Waals surface area contributed by atoms with Crippen molar-refractivity contribution in [2.24, 2.45) is 10.1 Å². The van der Waals surface area contributed by atoms with Crippen LogP contribution >= 0.6 is 35.0 Å². The van der Waals surface area contributed by atoms with Gasteiger partial charge in [0.05, 0.1) is 10.6 Å². The van der Waals surface area contributed by atoms with Gasteiger partial charge >= 0.3 is 0 Å². The van der Waals surface area contributed by atoms with E-state index in [1.54, 1.807) is 30.3 Å². The molecule has 0 saturated heterocycles. The average molecular weight is 447 g/mol. The molecule has 6 nitrogen and oxygen atoms in total. The Morgan fingerprint density at radius 2 is 2.10 bits per heavy atom. The Bertz CT molecular complexity index is 1100. The lowest BCUT2D eigenvalue weighted by molar-refractivity contribution is -0.114. The number of halogens is 2. The van der Waals surface area contributed by atoms with Crippen LogP contribution in [-0.4, -0.2) is 27.0 Å². The second-order valence-electron chi connectivity index (χ2n) is 6.44. The van der Waals surface area contributed by atoms with Crippen molar-refractivity contribution in [3.8, 4) is 11.3 Å². The first-order valence-electron chi connectivity index (χ1n) is 9.00. The van der Waals surface area contributed by atoms with E-state index in [1.807, 2.05) is 0 Å². The number of hydrazone groups is 1. The quantitative estimate of drug-likeness (QED) is 0.565. The zero-order valence-electron chi connectivity index (χ0n) is 15.4. The van der Waals surface area contributed by atoms with Gasteiger partial charge in [-0.15, -0.1) is 0 Å². The maximum absolute atomic E-state index is 12.5. The predicted octanol–water partition coefficient (Wildman–Crippen LogP) is 6.06. The van der Waals surface area contributed by atoms with E-state index in [-0.39, 0.29) is 11.4 Å². The maximum Gasteiger partial charge on any atom is 0.283 e. The van der Waals surface area contributed by atoms with Crippen molar-refractivity contribution in [3.63, 3.8) is 0 Å². The third kappa shape index (κ3) is 4.03. The van der Waals surface area contributed by atoms with Gasteiger partial charge in [0.25, 0.3) is 5.91 Å². The van der Waals surface area contributed by atoms with Gasteiger partial charge in [0.15, 0.2) is 5.84 Å². The van der Waals surface area contributed by atoms with Crippen molar-refractivity contribution in [1.29, 1.82) is 5.41 Å². The third-order valence-corrected chi connectivity index (χ3v) is 5.87. The minimum Gasteiger partial charge on any atom is -0.457 e. The number of nitrogens with one attached hydrogen (secondary N) is 1. The van der Waals surface area contributed by atoms with Crippen LogP contribution in [0.2, 0.25) is 10.0 Å². The number of amides is 1. The number of aliphatic imine (C=N–C) groups is 1. The van der Waals surface area contributed by atoms with Crippen LogP contribution in [0.15, 0.2) is 50.4 Å². The molecule has 3 heterocycles. The molecule has 1 aromatic carbocycles. The minimum atomic E-state index is -0.483. The van der Waals surface area contributed by atoms with Gasteiger partial charge in [0.1, 0.15) is 16.6 Å². The Hall–Kier alpha value is -2.35. The van der Waals surface area contributed by atoms with E-state index in [2.05, 4.69) is 17.0 Å². The normalized spacial score (nSPS) is 17.6. The lowest BCUT2D eigenvalue weighted by Crippen LogP contribution is -2.35. The van der Waals surface area contributed by atoms with Crippen molar-refractivity contribution in [1.82, 2.24) is 5.01 Å². The molecule has 0 aliphatic carbocycles. The molecular formula is C20H16Cl2N4O2S. The Morgan fingerprint density at radius 1 is 1.28 bits per heavy atom. The number of hydrogen-bond donors (Lipinski definition) is 1. The van der Waals surface area contributed by atoms with Gasteiger partial charge in [-0.2, -0.15) is 15.1 Å². The van der Waals surface area contributed by atoms with Crippen LogP contribution in [0, 0.1) is 5.41 Å². The van der Waals surface area contributed by atoms with E-state index in [4.69, 9.17) is 33.0 Å². The summed E-state index contributed by atoms with van der Waals surface area (Å²) in [5.74, 6) is 0.457. The summed E-state index contributed by atoms with van der Waals surface area (Å²) in [5.41, 5.74) is 0.810. The fourth-order valence-electron chi connectivity index (χ4n) is 2.87. The number of carbonyl (C=O) groups excluding carboxylic acids is 1. The van der Waals surface area contributed by atoms with Crippen molar-refractivity contribution < 1.29 is 9.21 Å². The van der Waals surface area contributed by atoms with E-state index >= 15 is 0 Å². The Morgan fingerprint density at radius 3 is 2.86 bits per heavy atom. The van der Waals surface area contributed by atoms with Gasteiger partial charge in [-0.25, -0.2) is 0 Å². The predicted molar refractivity (Wildman–Crippen MR) is 119 cm³/mol. The Labute approximate surface area is 181 Å². The molecule has 29 heavy (non-hydrogen) atoms. The van der Waals surface area contributed by atoms with Crippen molar-refractivity contribution in [3.05, 3.63) is 51.7 Å². The van der Waals surface area contributed by atoms with Crippen molar-refractivity contribution in [2.45, 2.75) is 26.2 Å². The topological polar surface area (TPSA) is 82.0 Å². The van der Waals surface area contributed by atoms with Crippen LogP contribution in [0.5, 0.6) is 0 Å². The summed E-state index contributed by atoms with van der Waals surface area (Å²) in [4.78, 5) is 16.6. The summed E-state index contributed by atoms with van der Waals surface area (Å²) in [7, 11) is 0. The number of furan rings is 1. The summed E-state index contributed by atoms with van der Waals surface area (Å²) in [6.45, 7) is 2.10. The number of fused-ring (bicyclic) bond motifs is 1. The maximum atomic E-state index is 12.5. The molecule has 2 aliphatic heterocycles. The summed E-state index contributed by atoms with van der Waals surface area (Å²) in [6, 6.07) is 8.58. The van der Waals surface area contributed by atoms with E-state index in [1.165, 1.54) is 22.8 Å². The molecule has 0 saturated carbocycles. The summed E-state index contributed by atoms with van der Waals surface area (Å²) >= 11 is 13.5. The molecule has 0 unspecified atom stereocenters. The standard InChI is InChI=1S/C20H16Cl2N4O2S/c1-2-3-4-17-25-26-18(23)14(19(27)24-20(26)29-17)10-12-6-8-16(28-12)13-7-5-11(21)9-15(13)22/h5-10,23H,2-4H2,1H3. The van der Waals surface area contributed by atoms with Crippen LogP contribution in [-0.2, 0) is 4.79 Å². The SMILES string of the molecule is CCCCC1=NN2C(=N)C(=Cc3ccc(-c4ccc(Cl)cc4Cl)o3)C(=O)N=C2S1. The molecule has 0 atom stereocenters. The van der Waals surface area contributed by atoms with E-state index in [0.717, 1.165) is 24.3 Å². The molecule has 0 radical (unpaired) electrons. The minimum absolute atomic E-state index is 0.0125. The average Bonchev–Trinajstić information content (AvgIpc) is 3.30. The molecule has 1 amide bonds. The molecular weight excluding hydrogens is 431 g/mol. The third-order valence-electron chi connectivity index (χ3n) is 4.35. The van der Waals surface area contributed by atoms with Gasteiger partial charge in [-0.3, -0.25) is 10.2 Å². The van der Waals surface area contributed by atoms with E-state index in [9.17, 15) is 4.79 Å². The molecule has 148 valence electrons. The first-order valence-corrected chi connectivity index (χ1v) is 10.6. The molecule has 9 heteroatoms. The number of amidine groups is 2. The first kappa shape index (κ1) is 19.9. The molecule has 4 rings (SSSR count). The van der Waals surface area contributed by atoms with Crippen molar-refractivity contribution >= 4 is 63.0 Å². The van der Waals surface area contributed by atoms with Crippen LogP contribution in [0.1, 0.15) is 31.9 Å². The lowest BCUT2D eigenvalue weighted by Gasteiger charge is -2.19. The zero-order valence-corrected chi connectivity index (χ0v) is 17.7. The highest BCUT2D eigenvalue weighted by Crippen LogP contribution is 2.33. The van der Waals surface area contributed by atoms with Crippen LogP contribution < -0.4 is 0 Å². The highest BCUT2D eigenvalue weighted by molar-refractivity contribution is 8.26. The second kappa shape index (κ2) is 8.18. The zero-order chi connectivity index (χ0) is 20.5. The fraction of sp³-hybridized carbons (Fsp3) is 0.200. The molecule has 0 fully saturated rings. The van der Waals surface area contributed by atoms with E-state index in [0.29, 0.717) is 32.3 Å². The van der Waals surface area contributed by atoms with Crippen LogP contribution in [0.4, 0.5) is 0 Å². The summed E-state index contributed by atoms with van der Waals surface area (Å²) in [5, 5.41) is 16.5. The lowest BCUT2D eigenvalue weighted by atomic mass is 10.1. The van der Waals surface area contributed by atoms with Gasteiger partial charge in [-0.1, -0.05) is 36.5 Å². The molecule has 0 bridgehead atoms. The van der Waals surface area contributed by atoms with Gasteiger partial charge in [0.2, 0.25) is 5.17 Å². The summed E-state index contributed by atoms with van der Waals surface area (Å²) in [6.07, 6.45) is 4.36. The van der Waals surface area contributed by atoms with Gasteiger partial charge in [-0.05, 0) is 61.0 Å². The van der Waals surface area contributed by atoms with Crippen LogP contribution in [0.3, 0.4) is 0 Å². The van der Waals surface area contributed by atoms with Gasteiger partial charge < -0.3 is 4.42 Å².